The van der Waals surface area contributed by atoms with E-state index in [9.17, 15) is 13.2 Å². The zero-order valence-corrected chi connectivity index (χ0v) is 26.6. The number of sulfonamides is 1. The first-order chi connectivity index (χ1) is 20.3. The second-order valence-electron chi connectivity index (χ2n) is 12.0. The molecule has 0 bridgehead atoms. The highest BCUT2D eigenvalue weighted by molar-refractivity contribution is 7.89. The van der Waals surface area contributed by atoms with Crippen molar-refractivity contribution >= 4 is 39.1 Å². The molecular weight excluding hydrogens is 593 g/mol. The summed E-state index contributed by atoms with van der Waals surface area (Å²) in [6, 6.07) is 15.3. The largest absolute Gasteiger partial charge is 0.379 e. The third-order valence-corrected chi connectivity index (χ3v) is 12.0. The number of amides is 1. The third-order valence-electron chi connectivity index (χ3n) is 9.35. The Morgan fingerprint density at radius 1 is 0.952 bits per heavy atom. The Hall–Kier alpha value is -1.68. The van der Waals surface area contributed by atoms with Crippen LogP contribution in [0.1, 0.15) is 56.9 Å². The van der Waals surface area contributed by atoms with E-state index in [-0.39, 0.29) is 28.3 Å². The number of carbonyl (C=O) groups excluding carboxylic acids is 1. The SMILES string of the molecule is O=C(CC1CCCN1S(=O)(=O)c1ccc(Cl)c(Cl)c1)NCC1CCC(C(CCc2ccccc2)N2CCOCC2)CC1. The molecule has 7 nitrogen and oxygen atoms in total. The van der Waals surface area contributed by atoms with Crippen LogP contribution in [-0.2, 0) is 26.0 Å². The van der Waals surface area contributed by atoms with Crippen molar-refractivity contribution in [1.82, 2.24) is 14.5 Å². The Morgan fingerprint density at radius 2 is 1.69 bits per heavy atom. The number of aryl methyl sites for hydroxylation is 1. The summed E-state index contributed by atoms with van der Waals surface area (Å²) in [5, 5.41) is 3.65. The zero-order chi connectivity index (χ0) is 29.5. The number of rotatable bonds is 11. The van der Waals surface area contributed by atoms with E-state index in [0.717, 1.165) is 52.0 Å². The third kappa shape index (κ3) is 8.07. The van der Waals surface area contributed by atoms with Crippen LogP contribution in [0.25, 0.3) is 0 Å². The van der Waals surface area contributed by atoms with E-state index in [1.54, 1.807) is 0 Å². The number of halogens is 2. The molecule has 42 heavy (non-hydrogen) atoms. The van der Waals surface area contributed by atoms with Crippen LogP contribution in [0.2, 0.25) is 10.0 Å². The lowest BCUT2D eigenvalue weighted by molar-refractivity contribution is -0.122. The smallest absolute Gasteiger partial charge is 0.243 e. The van der Waals surface area contributed by atoms with Crippen LogP contribution >= 0.6 is 23.2 Å². The van der Waals surface area contributed by atoms with Gasteiger partial charge >= 0.3 is 0 Å². The maximum absolute atomic E-state index is 13.3. The molecule has 1 N–H and O–H groups in total. The van der Waals surface area contributed by atoms with Crippen LogP contribution in [0.4, 0.5) is 0 Å². The summed E-state index contributed by atoms with van der Waals surface area (Å²) in [6.45, 7) is 4.71. The monoisotopic (exact) mass is 635 g/mol. The lowest BCUT2D eigenvalue weighted by Crippen LogP contribution is -2.48. The van der Waals surface area contributed by atoms with Crippen LogP contribution in [0.5, 0.6) is 0 Å². The van der Waals surface area contributed by atoms with Gasteiger partial charge in [0.25, 0.3) is 0 Å². The number of nitrogens with one attached hydrogen (secondary N) is 1. The molecule has 2 aliphatic heterocycles. The highest BCUT2D eigenvalue weighted by atomic mass is 35.5. The highest BCUT2D eigenvalue weighted by Gasteiger charge is 2.37. The molecule has 3 aliphatic rings. The van der Waals surface area contributed by atoms with Gasteiger partial charge < -0.3 is 10.1 Å². The number of carbonyl (C=O) groups is 1. The number of nitrogens with zero attached hydrogens (tertiary/aromatic N) is 2. The molecule has 5 rings (SSSR count). The van der Waals surface area contributed by atoms with Crippen molar-refractivity contribution in [3.63, 3.8) is 0 Å². The van der Waals surface area contributed by atoms with Crippen LogP contribution in [0.15, 0.2) is 53.4 Å². The minimum absolute atomic E-state index is 0.0765. The maximum atomic E-state index is 13.3. The molecule has 0 aromatic heterocycles. The number of hydrogen-bond donors (Lipinski definition) is 1. The molecule has 0 radical (unpaired) electrons. The average Bonchev–Trinajstić information content (AvgIpc) is 3.48. The van der Waals surface area contributed by atoms with E-state index in [0.29, 0.717) is 42.4 Å². The molecule has 1 saturated carbocycles. The molecule has 2 atom stereocenters. The molecule has 2 saturated heterocycles. The van der Waals surface area contributed by atoms with E-state index >= 15 is 0 Å². The molecule has 2 unspecified atom stereocenters. The van der Waals surface area contributed by atoms with E-state index in [2.05, 4.69) is 40.5 Å². The lowest BCUT2D eigenvalue weighted by atomic mass is 9.76. The van der Waals surface area contributed by atoms with Crippen LogP contribution in [0.3, 0.4) is 0 Å². The van der Waals surface area contributed by atoms with Crippen molar-refractivity contribution in [1.29, 1.82) is 0 Å². The van der Waals surface area contributed by atoms with Gasteiger partial charge in [0.05, 0.1) is 28.2 Å². The Labute approximate surface area is 260 Å². The maximum Gasteiger partial charge on any atom is 0.243 e. The average molecular weight is 637 g/mol. The van der Waals surface area contributed by atoms with Gasteiger partial charge in [-0.15, -0.1) is 0 Å². The first-order valence-electron chi connectivity index (χ1n) is 15.4. The molecule has 0 spiro atoms. The fourth-order valence-electron chi connectivity index (χ4n) is 7.01. The molecule has 1 aliphatic carbocycles. The topological polar surface area (TPSA) is 79.0 Å². The van der Waals surface area contributed by atoms with Crippen molar-refractivity contribution in [2.45, 2.75) is 74.8 Å². The highest BCUT2D eigenvalue weighted by Crippen LogP contribution is 2.35. The molecule has 10 heteroatoms. The summed E-state index contributed by atoms with van der Waals surface area (Å²) in [5.74, 6) is 1.05. The summed E-state index contributed by atoms with van der Waals surface area (Å²) < 4.78 is 33.7. The van der Waals surface area contributed by atoms with Crippen LogP contribution in [-0.4, -0.2) is 75.0 Å². The van der Waals surface area contributed by atoms with Gasteiger partial charge in [-0.3, -0.25) is 9.69 Å². The minimum Gasteiger partial charge on any atom is -0.379 e. The number of benzene rings is 2. The van der Waals surface area contributed by atoms with Gasteiger partial charge in [0.15, 0.2) is 0 Å². The Balaban J connectivity index is 1.10. The summed E-state index contributed by atoms with van der Waals surface area (Å²) in [6.07, 6.45) is 8.41. The molecule has 2 heterocycles. The van der Waals surface area contributed by atoms with Gasteiger partial charge in [0.1, 0.15) is 0 Å². The lowest BCUT2D eigenvalue weighted by Gasteiger charge is -2.42. The summed E-state index contributed by atoms with van der Waals surface area (Å²) in [4.78, 5) is 15.7. The molecule has 1 amide bonds. The number of hydrogen-bond acceptors (Lipinski definition) is 5. The van der Waals surface area contributed by atoms with E-state index in [4.69, 9.17) is 27.9 Å². The van der Waals surface area contributed by atoms with E-state index in [1.807, 2.05) is 0 Å². The van der Waals surface area contributed by atoms with Gasteiger partial charge in [0, 0.05) is 44.7 Å². The van der Waals surface area contributed by atoms with Crippen molar-refractivity contribution in [2.24, 2.45) is 11.8 Å². The van der Waals surface area contributed by atoms with Gasteiger partial charge in [-0.25, -0.2) is 8.42 Å². The Kier molecular flexibility index (Phi) is 11.2. The normalized spacial score (nSPS) is 24.9. The van der Waals surface area contributed by atoms with E-state index in [1.165, 1.54) is 47.3 Å². The predicted octanol–water partition coefficient (Wildman–Crippen LogP) is 5.79. The van der Waals surface area contributed by atoms with Crippen LogP contribution in [0, 0.1) is 11.8 Å². The first-order valence-corrected chi connectivity index (χ1v) is 17.6. The van der Waals surface area contributed by atoms with E-state index < -0.39 is 10.0 Å². The van der Waals surface area contributed by atoms with Crippen molar-refractivity contribution in [3.8, 4) is 0 Å². The van der Waals surface area contributed by atoms with Gasteiger partial charge in [-0.05, 0) is 87.0 Å². The fraction of sp³-hybridized carbons (Fsp3) is 0.594. The minimum atomic E-state index is -3.76. The molecule has 230 valence electrons. The summed E-state index contributed by atoms with van der Waals surface area (Å²) in [5.41, 5.74) is 1.40. The second-order valence-corrected chi connectivity index (χ2v) is 14.7. The molecule has 2 aromatic rings. The molecular formula is C32H43Cl2N3O4S. The Morgan fingerprint density at radius 3 is 2.40 bits per heavy atom. The molecule has 2 aromatic carbocycles. The summed E-state index contributed by atoms with van der Waals surface area (Å²) in [7, 11) is -3.76. The van der Waals surface area contributed by atoms with Crippen molar-refractivity contribution < 1.29 is 17.9 Å². The van der Waals surface area contributed by atoms with Crippen LogP contribution < -0.4 is 5.32 Å². The van der Waals surface area contributed by atoms with Crippen molar-refractivity contribution in [3.05, 3.63) is 64.1 Å². The van der Waals surface area contributed by atoms with Gasteiger partial charge in [0.2, 0.25) is 15.9 Å². The quantitative estimate of drug-likeness (QED) is 0.338. The number of morpholine rings is 1. The summed E-state index contributed by atoms with van der Waals surface area (Å²) >= 11 is 12.1. The number of ether oxygens (including phenoxy) is 1. The second kappa shape index (κ2) is 14.9. The molecule has 3 fully saturated rings. The predicted molar refractivity (Wildman–Crippen MR) is 167 cm³/mol. The fourth-order valence-corrected chi connectivity index (χ4v) is 9.09. The van der Waals surface area contributed by atoms with Gasteiger partial charge in [-0.2, -0.15) is 4.31 Å². The van der Waals surface area contributed by atoms with Gasteiger partial charge in [-0.1, -0.05) is 53.5 Å². The van der Waals surface area contributed by atoms with Crippen molar-refractivity contribution in [2.75, 3.05) is 39.4 Å². The zero-order valence-electron chi connectivity index (χ0n) is 24.2. The Bertz CT molecular complexity index is 1280. The standard InChI is InChI=1S/C32H43Cl2N3O4S/c33-29-14-13-28(22-30(29)34)42(39,40)37-16-4-7-27(37)21-32(38)35-23-25-8-11-26(12-9-25)31(36-17-19-41-20-18-36)15-10-24-5-2-1-3-6-24/h1-3,5-6,13-14,22,25-27,31H,4,7-12,15-21,23H2,(H,35,38). The first kappa shape index (κ1) is 31.7.